The van der Waals surface area contributed by atoms with Crippen LogP contribution in [0.15, 0.2) is 18.3 Å². The molecule has 0 radical (unpaired) electrons. The molecule has 0 spiro atoms. The van der Waals surface area contributed by atoms with E-state index < -0.39 is 23.1 Å². The average molecular weight is 467 g/mol. The quantitative estimate of drug-likeness (QED) is 0.694. The number of aliphatic carboxylic acids is 1. The summed E-state index contributed by atoms with van der Waals surface area (Å²) >= 11 is 0. The number of nitrogens with zero attached hydrogens (tertiary/aromatic N) is 3. The van der Waals surface area contributed by atoms with Crippen molar-refractivity contribution in [3.63, 3.8) is 0 Å². The summed E-state index contributed by atoms with van der Waals surface area (Å²) in [6.45, 7) is 2.69. The zero-order valence-corrected chi connectivity index (χ0v) is 18.4. The van der Waals surface area contributed by atoms with Gasteiger partial charge in [0.1, 0.15) is 5.82 Å². The number of rotatable bonds is 5. The molecular weight excluding hydrogens is 437 g/mol. The molecule has 2 atom stereocenters. The van der Waals surface area contributed by atoms with Gasteiger partial charge in [-0.15, -0.1) is 0 Å². The van der Waals surface area contributed by atoms with Crippen LogP contribution in [0.4, 0.5) is 19.0 Å². The van der Waals surface area contributed by atoms with Gasteiger partial charge in [0.25, 0.3) is 0 Å². The lowest BCUT2D eigenvalue weighted by atomic mass is 9.48. The van der Waals surface area contributed by atoms with Crippen molar-refractivity contribution in [2.75, 3.05) is 37.6 Å². The maximum absolute atomic E-state index is 12.8. The Hall–Kier alpha value is -2.36. The monoisotopic (exact) mass is 466 g/mol. The zero-order valence-electron chi connectivity index (χ0n) is 18.4. The molecule has 180 valence electrons. The number of hydrogen-bond acceptors (Lipinski definition) is 5. The number of carbonyl (C=O) groups excluding carboxylic acids is 1. The Morgan fingerprint density at radius 3 is 2.30 bits per heavy atom. The molecule has 1 aromatic heterocycles. The molecule has 1 saturated heterocycles. The summed E-state index contributed by atoms with van der Waals surface area (Å²) in [7, 11) is 0. The molecule has 2 N–H and O–H groups in total. The summed E-state index contributed by atoms with van der Waals surface area (Å²) in [4.78, 5) is 32.6. The summed E-state index contributed by atoms with van der Waals surface area (Å²) in [6.07, 6.45) is 0.592. The summed E-state index contributed by atoms with van der Waals surface area (Å²) in [6, 6.07) is 2.50. The van der Waals surface area contributed by atoms with Gasteiger partial charge >= 0.3 is 12.1 Å². The lowest BCUT2D eigenvalue weighted by molar-refractivity contribution is -0.167. The van der Waals surface area contributed by atoms with Crippen LogP contribution in [0.25, 0.3) is 0 Å². The molecule has 1 amide bonds. The van der Waals surface area contributed by atoms with Crippen LogP contribution in [-0.2, 0) is 15.8 Å². The molecule has 33 heavy (non-hydrogen) atoms. The third kappa shape index (κ3) is 4.29. The molecule has 0 aromatic carbocycles. The number of nitrogens with one attached hydrogen (secondary N) is 1. The number of hydrogen-bond donors (Lipinski definition) is 2. The molecule has 2 heterocycles. The van der Waals surface area contributed by atoms with E-state index in [2.05, 4.69) is 10.3 Å². The van der Waals surface area contributed by atoms with Crippen molar-refractivity contribution in [3.8, 4) is 0 Å². The third-order valence-electron chi connectivity index (χ3n) is 8.19. The molecule has 2 unspecified atom stereocenters. The van der Waals surface area contributed by atoms with E-state index in [-0.39, 0.29) is 30.3 Å². The smallest absolute Gasteiger partial charge is 0.417 e. The summed E-state index contributed by atoms with van der Waals surface area (Å²) < 4.78 is 38.2. The lowest BCUT2D eigenvalue weighted by Crippen LogP contribution is -2.62. The largest absolute Gasteiger partial charge is 0.481 e. The summed E-state index contributed by atoms with van der Waals surface area (Å²) in [5, 5.41) is 13.0. The highest BCUT2D eigenvalue weighted by Crippen LogP contribution is 2.60. The second-order valence-electron chi connectivity index (χ2n) is 10.3. The first-order valence-electron chi connectivity index (χ1n) is 11.7. The fourth-order valence-electron chi connectivity index (χ4n) is 6.83. The number of carboxylic acid groups (broad SMARTS) is 1. The van der Waals surface area contributed by atoms with E-state index in [9.17, 15) is 27.9 Å². The van der Waals surface area contributed by atoms with Crippen molar-refractivity contribution >= 4 is 17.7 Å². The summed E-state index contributed by atoms with van der Waals surface area (Å²) in [5.74, 6) is 0.773. The van der Waals surface area contributed by atoms with Gasteiger partial charge < -0.3 is 15.3 Å². The van der Waals surface area contributed by atoms with Crippen molar-refractivity contribution < 1.29 is 27.9 Å². The molecule has 7 nitrogen and oxygen atoms in total. The molecule has 4 saturated carbocycles. The van der Waals surface area contributed by atoms with Crippen LogP contribution in [0.3, 0.4) is 0 Å². The van der Waals surface area contributed by atoms with Crippen LogP contribution in [0, 0.1) is 23.2 Å². The topological polar surface area (TPSA) is 85.8 Å². The molecule has 1 aliphatic heterocycles. The van der Waals surface area contributed by atoms with Crippen LogP contribution in [0.1, 0.15) is 37.7 Å². The maximum atomic E-state index is 12.8. The van der Waals surface area contributed by atoms with E-state index >= 15 is 0 Å². The minimum absolute atomic E-state index is 0.0297. The Morgan fingerprint density at radius 2 is 1.76 bits per heavy atom. The van der Waals surface area contributed by atoms with Gasteiger partial charge in [-0.1, -0.05) is 0 Å². The van der Waals surface area contributed by atoms with Crippen LogP contribution < -0.4 is 10.2 Å². The Bertz CT molecular complexity index is 899. The number of halogens is 3. The number of anilines is 1. The molecule has 6 rings (SSSR count). The Kier molecular flexibility index (Phi) is 5.54. The van der Waals surface area contributed by atoms with Gasteiger partial charge in [0.2, 0.25) is 5.91 Å². The van der Waals surface area contributed by atoms with Crippen LogP contribution in [-0.4, -0.2) is 65.6 Å². The van der Waals surface area contributed by atoms with Gasteiger partial charge in [0, 0.05) is 38.4 Å². The average Bonchev–Trinajstić information content (AvgIpc) is 2.76. The number of aromatic nitrogens is 1. The van der Waals surface area contributed by atoms with Gasteiger partial charge in [0.05, 0.1) is 17.5 Å². The van der Waals surface area contributed by atoms with E-state index in [0.29, 0.717) is 50.8 Å². The third-order valence-corrected chi connectivity index (χ3v) is 8.19. The molecule has 1 aromatic rings. The number of carboxylic acids is 1. The predicted octanol–water partition coefficient (Wildman–Crippen LogP) is 2.62. The number of carbonyl (C=O) groups is 2. The maximum Gasteiger partial charge on any atom is 0.417 e. The SMILES string of the molecule is O=C(CN1CCN(c2ccc(C(F)(F)F)cn2)CC1)NC1C2CC3CC1CC(C(=O)O)(C3)C2. The van der Waals surface area contributed by atoms with Crippen molar-refractivity contribution in [2.45, 2.75) is 44.3 Å². The zero-order chi connectivity index (χ0) is 23.4. The fraction of sp³-hybridized carbons (Fsp3) is 0.696. The molecule has 4 bridgehead atoms. The first kappa shape index (κ1) is 22.4. The van der Waals surface area contributed by atoms with Gasteiger partial charge in [-0.2, -0.15) is 13.2 Å². The van der Waals surface area contributed by atoms with Crippen LogP contribution >= 0.6 is 0 Å². The van der Waals surface area contributed by atoms with Gasteiger partial charge in [-0.05, 0) is 62.0 Å². The van der Waals surface area contributed by atoms with E-state index in [1.807, 2.05) is 9.80 Å². The second kappa shape index (κ2) is 8.14. The molecule has 10 heteroatoms. The van der Waals surface area contributed by atoms with E-state index in [1.165, 1.54) is 6.07 Å². The predicted molar refractivity (Wildman–Crippen MR) is 113 cm³/mol. The molecule has 5 aliphatic rings. The van der Waals surface area contributed by atoms with E-state index in [4.69, 9.17) is 0 Å². The number of amides is 1. The van der Waals surface area contributed by atoms with Gasteiger partial charge in [-0.3, -0.25) is 14.5 Å². The van der Waals surface area contributed by atoms with Crippen LogP contribution in [0.2, 0.25) is 0 Å². The van der Waals surface area contributed by atoms with Crippen molar-refractivity contribution in [1.82, 2.24) is 15.2 Å². The number of alkyl halides is 3. The first-order valence-corrected chi connectivity index (χ1v) is 11.7. The first-order chi connectivity index (χ1) is 15.6. The molecule has 5 fully saturated rings. The molecule has 4 aliphatic carbocycles. The van der Waals surface area contributed by atoms with Crippen molar-refractivity contribution in [2.24, 2.45) is 23.2 Å². The van der Waals surface area contributed by atoms with E-state index in [1.54, 1.807) is 0 Å². The standard InChI is InChI=1S/C23H29F3N4O3/c24-23(25,26)17-1-2-18(27-12-17)30-5-3-29(4-6-30)13-19(31)28-20-15-7-14-8-16(20)11-22(9-14,10-15)21(32)33/h1-2,12,14-16,20H,3-11,13H2,(H,28,31)(H,32,33). The van der Waals surface area contributed by atoms with Crippen molar-refractivity contribution in [3.05, 3.63) is 23.9 Å². The minimum atomic E-state index is -4.40. The highest BCUT2D eigenvalue weighted by atomic mass is 19.4. The minimum Gasteiger partial charge on any atom is -0.481 e. The van der Waals surface area contributed by atoms with Crippen LogP contribution in [0.5, 0.6) is 0 Å². The van der Waals surface area contributed by atoms with Crippen molar-refractivity contribution in [1.29, 1.82) is 0 Å². The number of pyridine rings is 1. The number of piperazine rings is 1. The fourth-order valence-corrected chi connectivity index (χ4v) is 6.83. The normalized spacial score (nSPS) is 33.8. The Labute approximate surface area is 190 Å². The van der Waals surface area contributed by atoms with E-state index in [0.717, 1.165) is 31.5 Å². The second-order valence-corrected chi connectivity index (χ2v) is 10.3. The summed E-state index contributed by atoms with van der Waals surface area (Å²) in [5.41, 5.74) is -1.35. The highest BCUT2D eigenvalue weighted by molar-refractivity contribution is 5.79. The van der Waals surface area contributed by atoms with Gasteiger partial charge in [-0.25, -0.2) is 4.98 Å². The Balaban J connectivity index is 1.12. The van der Waals surface area contributed by atoms with Gasteiger partial charge in [0.15, 0.2) is 0 Å². The molecular formula is C23H29F3N4O3. The Morgan fingerprint density at radius 1 is 1.09 bits per heavy atom. The highest BCUT2D eigenvalue weighted by Gasteiger charge is 2.58. The lowest BCUT2D eigenvalue weighted by Gasteiger charge is -2.58.